The number of fused-ring (bicyclic) bond motifs is 1. The number of rotatable bonds is 15. The molecule has 0 saturated heterocycles. The fourth-order valence-corrected chi connectivity index (χ4v) is 6.56. The third-order valence-corrected chi connectivity index (χ3v) is 9.43. The molecule has 0 spiro atoms. The van der Waals surface area contributed by atoms with Crippen molar-refractivity contribution in [3.63, 3.8) is 0 Å². The Balaban J connectivity index is 2.87. The van der Waals surface area contributed by atoms with E-state index in [2.05, 4.69) is 0 Å². The first kappa shape index (κ1) is 40.8. The first-order chi connectivity index (χ1) is 22.2. The molecule has 14 heteroatoms. The summed E-state index contributed by atoms with van der Waals surface area (Å²) < 4.78 is 23.0. The van der Waals surface area contributed by atoms with Gasteiger partial charge >= 0.3 is 29.8 Å². The molecule has 2 rings (SSSR count). The molecule has 1 saturated carbocycles. The van der Waals surface area contributed by atoms with E-state index in [9.17, 15) is 49.5 Å². The van der Waals surface area contributed by atoms with Gasteiger partial charge in [-0.3, -0.25) is 14.4 Å². The molecular formula is C34H52O14. The van der Waals surface area contributed by atoms with Gasteiger partial charge in [-0.15, -0.1) is 0 Å². The first-order valence-electron chi connectivity index (χ1n) is 16.4. The predicted molar refractivity (Wildman–Crippen MR) is 169 cm³/mol. The molecule has 0 heterocycles. The average Bonchev–Trinajstić information content (AvgIpc) is 3.23. The number of carbonyl (C=O) groups excluding carboxylic acids is 4. The van der Waals surface area contributed by atoms with Crippen LogP contribution in [0.15, 0.2) is 22.8 Å². The van der Waals surface area contributed by atoms with E-state index in [4.69, 9.17) is 18.9 Å². The van der Waals surface area contributed by atoms with Gasteiger partial charge in [-0.2, -0.15) is 0 Å². The standard InChI is InChI=1S/C34H52O14/c1-9-12-14-21(36)15-16-24(38)46-28-26-25(19(5)27(28)47-30(40)18(4)11-3)29(39)34(44,33(8,43)31(41)42)22(45-23(37)13-10-2)17-32(26,7)48-20(6)35/h11,21-22,26-29,36,39,43-44H,9-10,12-17H2,1-8H3,(H,41,42)/b18-11-/t21-,22+,26-,27+,28+,29+,32+,33-,34-/m1/s1. The average molecular weight is 685 g/mol. The highest BCUT2D eigenvalue weighted by atomic mass is 16.6. The van der Waals surface area contributed by atoms with Gasteiger partial charge in [0.05, 0.1) is 12.0 Å². The van der Waals surface area contributed by atoms with Crippen LogP contribution in [0.2, 0.25) is 0 Å². The molecule has 0 amide bonds. The number of hydrogen-bond donors (Lipinski definition) is 5. The largest absolute Gasteiger partial charge is 0.479 e. The van der Waals surface area contributed by atoms with Crippen molar-refractivity contribution in [3.05, 3.63) is 22.8 Å². The lowest BCUT2D eigenvalue weighted by molar-refractivity contribution is -0.247. The summed E-state index contributed by atoms with van der Waals surface area (Å²) in [7, 11) is 0. The normalized spacial score (nSPS) is 30.8. The molecule has 0 aromatic rings. The molecule has 0 aliphatic heterocycles. The monoisotopic (exact) mass is 684 g/mol. The molecular weight excluding hydrogens is 632 g/mol. The molecule has 0 unspecified atom stereocenters. The SMILES string of the molecule is C/C=C(/C)C(=O)O[C@H]1C(C)=C2[C@H]([C@@H]1OC(=O)CC[C@H](O)CCCC)[C@@](C)(OC(C)=O)C[C@H](OC(=O)CCC)[C@](O)([C@](C)(O)C(=O)O)[C@H]2O. The van der Waals surface area contributed by atoms with Crippen LogP contribution in [0, 0.1) is 5.92 Å². The molecule has 9 atom stereocenters. The van der Waals surface area contributed by atoms with Crippen LogP contribution in [-0.4, -0.2) is 103 Å². The van der Waals surface area contributed by atoms with Crippen molar-refractivity contribution in [3.8, 4) is 0 Å². The van der Waals surface area contributed by atoms with Gasteiger partial charge in [-0.1, -0.05) is 32.8 Å². The van der Waals surface area contributed by atoms with Crippen molar-refractivity contribution < 1.29 is 68.5 Å². The highest BCUT2D eigenvalue weighted by Crippen LogP contribution is 2.54. The van der Waals surface area contributed by atoms with Crippen molar-refractivity contribution in [2.75, 3.05) is 0 Å². The number of unbranched alkanes of at least 4 members (excludes halogenated alkanes) is 1. The molecule has 5 N–H and O–H groups in total. The van der Waals surface area contributed by atoms with Crippen molar-refractivity contribution in [1.82, 2.24) is 0 Å². The van der Waals surface area contributed by atoms with Crippen molar-refractivity contribution in [1.29, 1.82) is 0 Å². The van der Waals surface area contributed by atoms with Crippen molar-refractivity contribution in [2.24, 2.45) is 5.92 Å². The summed E-state index contributed by atoms with van der Waals surface area (Å²) in [4.78, 5) is 64.3. The lowest BCUT2D eigenvalue weighted by atomic mass is 9.73. The molecule has 1 fully saturated rings. The quantitative estimate of drug-likeness (QED) is 0.0723. The van der Waals surface area contributed by atoms with Crippen LogP contribution in [0.25, 0.3) is 0 Å². The summed E-state index contributed by atoms with van der Waals surface area (Å²) in [6.07, 6.45) is -5.31. The molecule has 0 aromatic heterocycles. The zero-order chi connectivity index (χ0) is 36.8. The Labute approximate surface area is 281 Å². The summed E-state index contributed by atoms with van der Waals surface area (Å²) in [6, 6.07) is 0. The van der Waals surface area contributed by atoms with E-state index in [1.807, 2.05) is 6.92 Å². The third kappa shape index (κ3) is 8.44. The number of hydrogen-bond acceptors (Lipinski definition) is 13. The number of carboxylic acid groups (broad SMARTS) is 1. The molecule has 14 nitrogen and oxygen atoms in total. The Hall–Kier alpha value is -3.33. The van der Waals surface area contributed by atoms with E-state index in [1.54, 1.807) is 13.8 Å². The second kappa shape index (κ2) is 16.4. The molecule has 0 aromatic carbocycles. The summed E-state index contributed by atoms with van der Waals surface area (Å²) in [5, 5.41) is 56.0. The molecule has 0 radical (unpaired) electrons. The van der Waals surface area contributed by atoms with Crippen LogP contribution in [0.4, 0.5) is 0 Å². The van der Waals surface area contributed by atoms with E-state index in [0.29, 0.717) is 12.8 Å². The third-order valence-electron chi connectivity index (χ3n) is 9.43. The number of ether oxygens (including phenoxy) is 4. The van der Waals surface area contributed by atoms with E-state index in [-0.39, 0.29) is 36.0 Å². The van der Waals surface area contributed by atoms with Crippen molar-refractivity contribution in [2.45, 2.75) is 154 Å². The number of esters is 4. The first-order valence-corrected chi connectivity index (χ1v) is 16.4. The lowest BCUT2D eigenvalue weighted by Crippen LogP contribution is -2.70. The minimum absolute atomic E-state index is 0.0176. The van der Waals surface area contributed by atoms with E-state index >= 15 is 0 Å². The van der Waals surface area contributed by atoms with Gasteiger partial charge in [0.25, 0.3) is 0 Å². The van der Waals surface area contributed by atoms with Crippen LogP contribution in [0.1, 0.15) is 107 Å². The van der Waals surface area contributed by atoms with Gasteiger partial charge < -0.3 is 44.5 Å². The van der Waals surface area contributed by atoms with Crippen LogP contribution in [-0.2, 0) is 42.9 Å². The second-order valence-corrected chi connectivity index (χ2v) is 13.1. The Morgan fingerprint density at radius 3 is 2.15 bits per heavy atom. The van der Waals surface area contributed by atoms with Crippen LogP contribution in [0.3, 0.4) is 0 Å². The summed E-state index contributed by atoms with van der Waals surface area (Å²) >= 11 is 0. The topological polar surface area (TPSA) is 223 Å². The van der Waals surface area contributed by atoms with Crippen LogP contribution < -0.4 is 0 Å². The maximum absolute atomic E-state index is 13.3. The highest BCUT2D eigenvalue weighted by Gasteiger charge is 2.71. The Kier molecular flexibility index (Phi) is 13.9. The Bertz CT molecular complexity index is 1280. The maximum atomic E-state index is 13.3. The van der Waals surface area contributed by atoms with Gasteiger partial charge in [-0.25, -0.2) is 9.59 Å². The zero-order valence-electron chi connectivity index (χ0n) is 29.1. The summed E-state index contributed by atoms with van der Waals surface area (Å²) in [5.41, 5.74) is -8.33. The summed E-state index contributed by atoms with van der Waals surface area (Å²) in [6.45, 7) is 11.2. The fraction of sp³-hybridized carbons (Fsp3) is 0.735. The van der Waals surface area contributed by atoms with Crippen LogP contribution >= 0.6 is 0 Å². The highest BCUT2D eigenvalue weighted by molar-refractivity contribution is 5.88. The fourth-order valence-electron chi connectivity index (χ4n) is 6.56. The lowest BCUT2D eigenvalue weighted by Gasteiger charge is -2.45. The Morgan fingerprint density at radius 2 is 1.62 bits per heavy atom. The number of carboxylic acids is 1. The zero-order valence-corrected chi connectivity index (χ0v) is 29.1. The second-order valence-electron chi connectivity index (χ2n) is 13.1. The number of allylic oxidation sites excluding steroid dienone is 1. The predicted octanol–water partition coefficient (Wildman–Crippen LogP) is 2.42. The number of aliphatic carboxylic acids is 1. The van der Waals surface area contributed by atoms with E-state index in [1.165, 1.54) is 26.8 Å². The summed E-state index contributed by atoms with van der Waals surface area (Å²) in [5.74, 6) is -6.79. The molecule has 0 bridgehead atoms. The number of aliphatic hydroxyl groups excluding tert-OH is 2. The smallest absolute Gasteiger partial charge is 0.338 e. The van der Waals surface area contributed by atoms with Gasteiger partial charge in [0.1, 0.15) is 17.8 Å². The Morgan fingerprint density at radius 1 is 1.02 bits per heavy atom. The minimum Gasteiger partial charge on any atom is -0.479 e. The van der Waals surface area contributed by atoms with Gasteiger partial charge in [0, 0.05) is 31.8 Å². The minimum atomic E-state index is -3.18. The van der Waals surface area contributed by atoms with E-state index in [0.717, 1.165) is 26.7 Å². The van der Waals surface area contributed by atoms with Gasteiger partial charge in [-0.05, 0) is 65.0 Å². The molecule has 2 aliphatic rings. The van der Waals surface area contributed by atoms with Gasteiger partial charge in [0.2, 0.25) is 0 Å². The molecule has 2 aliphatic carbocycles. The van der Waals surface area contributed by atoms with Crippen molar-refractivity contribution >= 4 is 29.8 Å². The number of aliphatic hydroxyl groups is 4. The molecule has 272 valence electrons. The maximum Gasteiger partial charge on any atom is 0.338 e. The number of carbonyl (C=O) groups is 5. The molecule has 48 heavy (non-hydrogen) atoms. The van der Waals surface area contributed by atoms with E-state index < -0.39 is 89.5 Å². The van der Waals surface area contributed by atoms with Crippen LogP contribution in [0.5, 0.6) is 0 Å². The van der Waals surface area contributed by atoms with Gasteiger partial charge in [0.15, 0.2) is 23.4 Å².